The van der Waals surface area contributed by atoms with Crippen LogP contribution in [0.3, 0.4) is 0 Å². The van der Waals surface area contributed by atoms with E-state index in [1.54, 1.807) is 0 Å². The molecule has 2 aromatic carbocycles. The summed E-state index contributed by atoms with van der Waals surface area (Å²) < 4.78 is 17.6. The maximum absolute atomic E-state index is 11.5. The van der Waals surface area contributed by atoms with Crippen LogP contribution < -0.4 is 20.1 Å². The summed E-state index contributed by atoms with van der Waals surface area (Å²) in [6.45, 7) is 8.01. The summed E-state index contributed by atoms with van der Waals surface area (Å²) in [7, 11) is 0. The van der Waals surface area contributed by atoms with Gasteiger partial charge < -0.3 is 24.8 Å². The molecule has 0 saturated carbocycles. The van der Waals surface area contributed by atoms with Gasteiger partial charge in [0.1, 0.15) is 24.2 Å². The summed E-state index contributed by atoms with van der Waals surface area (Å²) in [6.07, 6.45) is 2.27. The van der Waals surface area contributed by atoms with Gasteiger partial charge in [-0.3, -0.25) is 9.78 Å². The van der Waals surface area contributed by atoms with Gasteiger partial charge in [-0.05, 0) is 50.1 Å². The lowest BCUT2D eigenvalue weighted by molar-refractivity contribution is -0.149. The third kappa shape index (κ3) is 4.63. The zero-order chi connectivity index (χ0) is 24.5. The number of hydrogen-bond acceptors (Lipinski definition) is 7. The average Bonchev–Trinajstić information content (AvgIpc) is 3.38. The highest BCUT2D eigenvalue weighted by Gasteiger charge is 2.34. The quantitative estimate of drug-likeness (QED) is 0.415. The first kappa shape index (κ1) is 23.0. The lowest BCUT2D eigenvalue weighted by Gasteiger charge is -2.20. The van der Waals surface area contributed by atoms with Crippen molar-refractivity contribution in [1.82, 2.24) is 4.98 Å². The number of para-hydroxylation sites is 1. The number of nitrogens with zero attached hydrogens (tertiary/aromatic N) is 1. The van der Waals surface area contributed by atoms with Crippen LogP contribution in [0.4, 0.5) is 11.4 Å². The molecule has 35 heavy (non-hydrogen) atoms. The Morgan fingerprint density at radius 1 is 1.20 bits per heavy atom. The summed E-state index contributed by atoms with van der Waals surface area (Å²) in [5.74, 6) is 1.30. The van der Waals surface area contributed by atoms with Crippen molar-refractivity contribution < 1.29 is 19.0 Å². The van der Waals surface area contributed by atoms with Crippen LogP contribution in [-0.4, -0.2) is 23.7 Å². The number of nitrogens with one attached hydrogen (secondary N) is 2. The fourth-order valence-electron chi connectivity index (χ4n) is 4.79. The highest BCUT2D eigenvalue weighted by atomic mass is 16.6. The van der Waals surface area contributed by atoms with Gasteiger partial charge in [-0.1, -0.05) is 25.1 Å². The lowest BCUT2D eigenvalue weighted by atomic mass is 10.0. The van der Waals surface area contributed by atoms with E-state index >= 15 is 0 Å². The Morgan fingerprint density at radius 2 is 2.06 bits per heavy atom. The van der Waals surface area contributed by atoms with Gasteiger partial charge in [0.05, 0.1) is 17.8 Å². The average molecular weight is 474 g/mol. The summed E-state index contributed by atoms with van der Waals surface area (Å²) in [6, 6.07) is 16.5. The number of aromatic nitrogens is 1. The van der Waals surface area contributed by atoms with E-state index in [4.69, 9.17) is 14.2 Å². The Morgan fingerprint density at radius 3 is 2.80 bits per heavy atom. The van der Waals surface area contributed by atoms with Gasteiger partial charge >= 0.3 is 5.97 Å². The molecule has 7 heteroatoms. The van der Waals surface area contributed by atoms with Crippen molar-refractivity contribution in [2.75, 3.05) is 17.2 Å². The zero-order valence-corrected chi connectivity index (χ0v) is 20.5. The van der Waals surface area contributed by atoms with Crippen LogP contribution >= 0.6 is 0 Å². The van der Waals surface area contributed by atoms with Gasteiger partial charge in [-0.25, -0.2) is 0 Å². The van der Waals surface area contributed by atoms with E-state index in [9.17, 15) is 4.79 Å². The molecule has 2 aliphatic heterocycles. The molecule has 0 bridgehead atoms. The second-order valence-electron chi connectivity index (χ2n) is 9.18. The molecule has 5 rings (SSSR count). The Balaban J connectivity index is 1.33. The van der Waals surface area contributed by atoms with Crippen molar-refractivity contribution in [2.45, 2.75) is 58.4 Å². The predicted octanol–water partition coefficient (Wildman–Crippen LogP) is 5.88. The van der Waals surface area contributed by atoms with Crippen LogP contribution in [0.1, 0.15) is 67.8 Å². The highest BCUT2D eigenvalue weighted by Crippen LogP contribution is 2.44. The third-order valence-corrected chi connectivity index (χ3v) is 6.58. The second kappa shape index (κ2) is 9.49. The van der Waals surface area contributed by atoms with Gasteiger partial charge in [0.25, 0.3) is 0 Å². The molecule has 0 aliphatic carbocycles. The number of carbonyl (C=O) groups is 1. The monoisotopic (exact) mass is 473 g/mol. The first-order chi connectivity index (χ1) is 16.9. The molecular weight excluding hydrogens is 442 g/mol. The molecule has 3 aromatic rings. The van der Waals surface area contributed by atoms with Crippen molar-refractivity contribution in [3.05, 3.63) is 77.1 Å². The number of fused-ring (bicyclic) bond motifs is 2. The largest absolute Gasteiger partial charge is 0.489 e. The topological polar surface area (TPSA) is 81.7 Å². The molecule has 4 atom stereocenters. The molecule has 0 radical (unpaired) electrons. The Kier molecular flexibility index (Phi) is 6.24. The molecule has 3 heterocycles. The van der Waals surface area contributed by atoms with Crippen molar-refractivity contribution in [3.63, 3.8) is 0 Å². The fraction of sp³-hybridized carbons (Fsp3) is 0.357. The summed E-state index contributed by atoms with van der Waals surface area (Å²) in [5.41, 5.74) is 6.08. The molecule has 2 unspecified atom stereocenters. The van der Waals surface area contributed by atoms with Crippen molar-refractivity contribution in [1.29, 1.82) is 0 Å². The van der Waals surface area contributed by atoms with Gasteiger partial charge in [-0.2, -0.15) is 0 Å². The molecule has 7 nitrogen and oxygen atoms in total. The van der Waals surface area contributed by atoms with Crippen LogP contribution in [-0.2, 0) is 9.53 Å². The van der Waals surface area contributed by atoms with Crippen LogP contribution in [0.5, 0.6) is 11.5 Å². The van der Waals surface area contributed by atoms with Crippen LogP contribution in [0.15, 0.2) is 54.7 Å². The summed E-state index contributed by atoms with van der Waals surface area (Å²) in [4.78, 5) is 15.9. The van der Waals surface area contributed by atoms with Crippen LogP contribution in [0.2, 0.25) is 0 Å². The van der Waals surface area contributed by atoms with E-state index in [1.807, 2.05) is 44.3 Å². The number of aryl methyl sites for hydroxylation is 1. The van der Waals surface area contributed by atoms with Crippen molar-refractivity contribution in [3.8, 4) is 11.5 Å². The SMILES string of the molecule is CCC(Nc1cccc2c1OC[C@H]2Nc1ccc2c(c1)OC(C)[C@H]2OC(C)=O)c1ccc(C)nc1. The minimum Gasteiger partial charge on any atom is -0.489 e. The van der Waals surface area contributed by atoms with E-state index in [2.05, 4.69) is 46.8 Å². The van der Waals surface area contributed by atoms with E-state index in [0.29, 0.717) is 6.61 Å². The second-order valence-corrected chi connectivity index (χ2v) is 9.18. The smallest absolute Gasteiger partial charge is 0.303 e. The number of carbonyl (C=O) groups excluding carboxylic acids is 1. The highest BCUT2D eigenvalue weighted by molar-refractivity contribution is 5.67. The number of rotatable bonds is 7. The predicted molar refractivity (Wildman–Crippen MR) is 135 cm³/mol. The number of esters is 1. The maximum atomic E-state index is 11.5. The Hall–Kier alpha value is -3.74. The number of ether oxygens (including phenoxy) is 3. The van der Waals surface area contributed by atoms with E-state index in [1.165, 1.54) is 6.92 Å². The fourth-order valence-corrected chi connectivity index (χ4v) is 4.79. The Bertz CT molecular complexity index is 1230. The van der Waals surface area contributed by atoms with Crippen molar-refractivity contribution >= 4 is 17.3 Å². The molecule has 2 aliphatic rings. The summed E-state index contributed by atoms with van der Waals surface area (Å²) in [5, 5.41) is 7.23. The molecule has 0 amide bonds. The van der Waals surface area contributed by atoms with E-state index < -0.39 is 0 Å². The Labute approximate surface area is 205 Å². The molecule has 1 aromatic heterocycles. The van der Waals surface area contributed by atoms with Crippen LogP contribution in [0, 0.1) is 6.92 Å². The summed E-state index contributed by atoms with van der Waals surface area (Å²) >= 11 is 0. The number of benzene rings is 2. The zero-order valence-electron chi connectivity index (χ0n) is 20.5. The standard InChI is InChI=1S/C28H31N3O4/c1-5-23(19-10-9-16(2)29-14-19)31-24-8-6-7-21-25(15-33-28(21)24)30-20-11-12-22-26(13-20)34-17(3)27(22)35-18(4)32/h6-14,17,23,25,27,30-31H,5,15H2,1-4H3/t17?,23?,25-,27-/m1/s1. The first-order valence-electron chi connectivity index (χ1n) is 12.1. The molecule has 0 fully saturated rings. The minimum atomic E-state index is -0.379. The van der Waals surface area contributed by atoms with E-state index in [-0.39, 0.29) is 30.3 Å². The maximum Gasteiger partial charge on any atom is 0.303 e. The molecule has 0 saturated heterocycles. The molecular formula is C28H31N3O4. The molecule has 182 valence electrons. The molecule has 0 spiro atoms. The minimum absolute atomic E-state index is 0.00834. The molecule has 2 N–H and O–H groups in total. The van der Waals surface area contributed by atoms with Gasteiger partial charge in [0.15, 0.2) is 6.10 Å². The van der Waals surface area contributed by atoms with Gasteiger partial charge in [-0.15, -0.1) is 0 Å². The number of hydrogen-bond donors (Lipinski definition) is 2. The number of pyridine rings is 1. The van der Waals surface area contributed by atoms with E-state index in [0.717, 1.165) is 51.7 Å². The first-order valence-corrected chi connectivity index (χ1v) is 12.1. The van der Waals surface area contributed by atoms with Crippen LogP contribution in [0.25, 0.3) is 0 Å². The third-order valence-electron chi connectivity index (χ3n) is 6.58. The number of anilines is 2. The normalized spacial score (nSPS) is 20.7. The van der Waals surface area contributed by atoms with Gasteiger partial charge in [0.2, 0.25) is 0 Å². The van der Waals surface area contributed by atoms with Gasteiger partial charge in [0, 0.05) is 41.7 Å². The van der Waals surface area contributed by atoms with Crippen molar-refractivity contribution in [2.24, 2.45) is 0 Å². The lowest BCUT2D eigenvalue weighted by Crippen LogP contribution is -2.18.